The molecule has 3 aromatic rings. The number of hydrogen-bond acceptors (Lipinski definition) is 6. The van der Waals surface area contributed by atoms with Gasteiger partial charge in [0.15, 0.2) is 18.1 Å². The van der Waals surface area contributed by atoms with Gasteiger partial charge in [0.05, 0.1) is 12.7 Å². The molecule has 0 spiro atoms. The number of carbonyl (C=O) groups excluding carboxylic acids is 3. The minimum Gasteiger partial charge on any atom is -0.493 e. The number of nitrogens with one attached hydrogen (secondary N) is 1. The molecule has 8 nitrogen and oxygen atoms in total. The molecule has 0 aliphatic rings. The Morgan fingerprint density at radius 2 is 1.50 bits per heavy atom. The average Bonchev–Trinajstić information content (AvgIpc) is 2.92. The first-order valence-electron chi connectivity index (χ1n) is 11.7. The van der Waals surface area contributed by atoms with Crippen LogP contribution in [0.2, 0.25) is 0 Å². The summed E-state index contributed by atoms with van der Waals surface area (Å²) < 4.78 is 16.3. The molecule has 0 unspecified atom stereocenters. The molecule has 0 aromatic heterocycles. The van der Waals surface area contributed by atoms with Gasteiger partial charge < -0.3 is 24.4 Å². The van der Waals surface area contributed by atoms with Crippen LogP contribution in [-0.4, -0.2) is 49.5 Å². The number of esters is 1. The molecule has 36 heavy (non-hydrogen) atoms. The van der Waals surface area contributed by atoms with Crippen molar-refractivity contribution in [3.05, 3.63) is 89.5 Å². The van der Waals surface area contributed by atoms with Crippen LogP contribution in [0.25, 0.3) is 0 Å². The fourth-order valence-electron chi connectivity index (χ4n) is 3.45. The number of ether oxygens (including phenoxy) is 3. The number of nitrogens with zero attached hydrogens (tertiary/aromatic N) is 1. The number of benzene rings is 3. The maximum Gasteiger partial charge on any atom is 0.338 e. The summed E-state index contributed by atoms with van der Waals surface area (Å²) in [6.07, 6.45) is 0. The van der Waals surface area contributed by atoms with Crippen molar-refractivity contribution in [2.45, 2.75) is 20.5 Å². The van der Waals surface area contributed by atoms with Crippen molar-refractivity contribution in [1.29, 1.82) is 0 Å². The van der Waals surface area contributed by atoms with Gasteiger partial charge in [-0.25, -0.2) is 4.79 Å². The van der Waals surface area contributed by atoms with Gasteiger partial charge in [-0.2, -0.15) is 0 Å². The van der Waals surface area contributed by atoms with Crippen LogP contribution in [0.3, 0.4) is 0 Å². The summed E-state index contributed by atoms with van der Waals surface area (Å²) in [6, 6.07) is 20.9. The summed E-state index contributed by atoms with van der Waals surface area (Å²) in [5.74, 6) is -0.374. The van der Waals surface area contributed by atoms with Crippen molar-refractivity contribution in [3.63, 3.8) is 0 Å². The van der Waals surface area contributed by atoms with Crippen molar-refractivity contribution in [3.8, 4) is 11.5 Å². The largest absolute Gasteiger partial charge is 0.493 e. The van der Waals surface area contributed by atoms with E-state index in [1.54, 1.807) is 41.3 Å². The topological polar surface area (TPSA) is 94.2 Å². The first kappa shape index (κ1) is 26.3. The Hall–Kier alpha value is -4.33. The zero-order chi connectivity index (χ0) is 25.9. The summed E-state index contributed by atoms with van der Waals surface area (Å²) in [4.78, 5) is 38.8. The zero-order valence-electron chi connectivity index (χ0n) is 20.7. The molecule has 0 radical (unpaired) electrons. The summed E-state index contributed by atoms with van der Waals surface area (Å²) in [6.45, 7) is 4.96. The Morgan fingerprint density at radius 1 is 0.833 bits per heavy atom. The molecule has 1 N–H and O–H groups in total. The van der Waals surface area contributed by atoms with Crippen LogP contribution in [0.1, 0.15) is 40.1 Å². The van der Waals surface area contributed by atoms with Crippen molar-refractivity contribution in [2.75, 3.05) is 32.1 Å². The van der Waals surface area contributed by atoms with Gasteiger partial charge in [0.1, 0.15) is 6.61 Å². The molecule has 0 saturated carbocycles. The fraction of sp³-hybridized carbons (Fsp3) is 0.250. The van der Waals surface area contributed by atoms with Gasteiger partial charge >= 0.3 is 5.97 Å². The maximum absolute atomic E-state index is 12.5. The van der Waals surface area contributed by atoms with Crippen molar-refractivity contribution >= 4 is 23.5 Å². The van der Waals surface area contributed by atoms with Crippen molar-refractivity contribution in [2.24, 2.45) is 0 Å². The molecular formula is C28H30N2O6. The third-order valence-electron chi connectivity index (χ3n) is 5.44. The van der Waals surface area contributed by atoms with Crippen LogP contribution in [0.15, 0.2) is 72.8 Å². The lowest BCUT2D eigenvalue weighted by molar-refractivity contribution is -0.119. The highest BCUT2D eigenvalue weighted by molar-refractivity contribution is 5.97. The summed E-state index contributed by atoms with van der Waals surface area (Å²) >= 11 is 0. The van der Waals surface area contributed by atoms with Crippen LogP contribution < -0.4 is 14.8 Å². The van der Waals surface area contributed by atoms with E-state index in [1.165, 1.54) is 13.2 Å². The minimum absolute atomic E-state index is 0.0706. The second-order valence-corrected chi connectivity index (χ2v) is 7.82. The molecule has 0 fully saturated rings. The van der Waals surface area contributed by atoms with E-state index in [2.05, 4.69) is 5.32 Å². The number of carbonyl (C=O) groups is 3. The number of hydrogen-bond donors (Lipinski definition) is 1. The smallest absolute Gasteiger partial charge is 0.338 e. The van der Waals surface area contributed by atoms with E-state index in [-0.39, 0.29) is 11.5 Å². The highest BCUT2D eigenvalue weighted by Gasteiger charge is 2.15. The van der Waals surface area contributed by atoms with Crippen LogP contribution in [-0.2, 0) is 16.1 Å². The molecule has 0 heterocycles. The maximum atomic E-state index is 12.5. The van der Waals surface area contributed by atoms with Crippen molar-refractivity contribution < 1.29 is 28.6 Å². The molecule has 0 saturated heterocycles. The first-order valence-corrected chi connectivity index (χ1v) is 11.7. The molecular weight excluding hydrogens is 460 g/mol. The lowest BCUT2D eigenvalue weighted by atomic mass is 10.1. The number of amides is 2. The van der Waals surface area contributed by atoms with E-state index < -0.39 is 18.5 Å². The number of methoxy groups -OCH3 is 1. The van der Waals surface area contributed by atoms with E-state index in [9.17, 15) is 14.4 Å². The van der Waals surface area contributed by atoms with E-state index in [4.69, 9.17) is 14.2 Å². The number of rotatable bonds is 11. The first-order chi connectivity index (χ1) is 17.4. The predicted molar refractivity (Wildman–Crippen MR) is 136 cm³/mol. The molecule has 3 rings (SSSR count). The molecule has 3 aromatic carbocycles. The van der Waals surface area contributed by atoms with E-state index in [0.717, 1.165) is 5.56 Å². The average molecular weight is 491 g/mol. The van der Waals surface area contributed by atoms with Crippen LogP contribution in [0.5, 0.6) is 11.5 Å². The molecule has 188 valence electrons. The molecule has 0 bridgehead atoms. The Labute approximate surface area is 210 Å². The number of anilines is 1. The summed E-state index contributed by atoms with van der Waals surface area (Å²) in [5.41, 5.74) is 2.26. The third kappa shape index (κ3) is 7.09. The van der Waals surface area contributed by atoms with Crippen LogP contribution in [0.4, 0.5) is 5.69 Å². The minimum atomic E-state index is -0.668. The lowest BCUT2D eigenvalue weighted by Gasteiger charge is -2.18. The lowest BCUT2D eigenvalue weighted by Crippen LogP contribution is -2.30. The van der Waals surface area contributed by atoms with Gasteiger partial charge in [-0.1, -0.05) is 30.3 Å². The van der Waals surface area contributed by atoms with E-state index >= 15 is 0 Å². The Morgan fingerprint density at radius 3 is 2.14 bits per heavy atom. The van der Waals surface area contributed by atoms with Gasteiger partial charge in [-0.05, 0) is 61.9 Å². The van der Waals surface area contributed by atoms with E-state index in [0.29, 0.717) is 42.4 Å². The molecule has 0 aliphatic carbocycles. The van der Waals surface area contributed by atoms with E-state index in [1.807, 2.05) is 44.2 Å². The second-order valence-electron chi connectivity index (χ2n) is 7.82. The van der Waals surface area contributed by atoms with Crippen LogP contribution in [0, 0.1) is 0 Å². The molecule has 0 aliphatic heterocycles. The van der Waals surface area contributed by atoms with Gasteiger partial charge in [-0.3, -0.25) is 9.59 Å². The molecule has 2 amide bonds. The van der Waals surface area contributed by atoms with Crippen molar-refractivity contribution in [1.82, 2.24) is 4.90 Å². The highest BCUT2D eigenvalue weighted by atomic mass is 16.5. The fourth-order valence-corrected chi connectivity index (χ4v) is 3.45. The molecule has 8 heteroatoms. The second kappa shape index (κ2) is 12.9. The molecule has 0 atom stereocenters. The predicted octanol–water partition coefficient (Wildman–Crippen LogP) is 4.55. The van der Waals surface area contributed by atoms with Crippen LogP contribution >= 0.6 is 0 Å². The zero-order valence-corrected chi connectivity index (χ0v) is 20.7. The standard InChI is InChI=1S/C28H30N2O6/c1-4-30(5-2)27(32)21-11-14-23(15-12-21)29-26(31)19-36-28(33)22-13-16-24(25(17-22)34-3)35-18-20-9-7-6-8-10-20/h6-17H,4-5,18-19H2,1-3H3,(H,29,31). The van der Waals surface area contributed by atoms with Gasteiger partial charge in [0.25, 0.3) is 11.8 Å². The third-order valence-corrected chi connectivity index (χ3v) is 5.44. The highest BCUT2D eigenvalue weighted by Crippen LogP contribution is 2.29. The van der Waals surface area contributed by atoms with Gasteiger partial charge in [0, 0.05) is 24.3 Å². The Kier molecular flexibility index (Phi) is 9.45. The Bertz CT molecular complexity index is 1170. The normalized spacial score (nSPS) is 10.3. The quantitative estimate of drug-likeness (QED) is 0.396. The summed E-state index contributed by atoms with van der Waals surface area (Å²) in [5, 5.41) is 2.65. The van der Waals surface area contributed by atoms with Gasteiger partial charge in [0.2, 0.25) is 0 Å². The summed E-state index contributed by atoms with van der Waals surface area (Å²) in [7, 11) is 1.48. The monoisotopic (exact) mass is 490 g/mol. The Balaban J connectivity index is 1.52. The SMILES string of the molecule is CCN(CC)C(=O)c1ccc(NC(=O)COC(=O)c2ccc(OCc3ccccc3)c(OC)c2)cc1. The van der Waals surface area contributed by atoms with Gasteiger partial charge in [-0.15, -0.1) is 0 Å².